The fourth-order valence-electron chi connectivity index (χ4n) is 4.90. The largest absolute Gasteiger partial charge is 0.490 e. The van der Waals surface area contributed by atoms with E-state index in [4.69, 9.17) is 24.1 Å². The molecule has 1 unspecified atom stereocenters. The van der Waals surface area contributed by atoms with Crippen molar-refractivity contribution in [3.05, 3.63) is 63.6 Å². The number of benzene rings is 2. The number of carbonyl (C=O) groups excluding carboxylic acids is 2. The molecule has 0 saturated carbocycles. The highest BCUT2D eigenvalue weighted by Gasteiger charge is 2.37. The van der Waals surface area contributed by atoms with Crippen LogP contribution >= 0.6 is 11.8 Å². The molecule has 0 aliphatic carbocycles. The van der Waals surface area contributed by atoms with Crippen molar-refractivity contribution in [3.8, 4) is 23.0 Å². The van der Waals surface area contributed by atoms with Crippen LogP contribution in [0.3, 0.4) is 0 Å². The van der Waals surface area contributed by atoms with Crippen LogP contribution < -0.4 is 18.9 Å². The Hall–Kier alpha value is -3.92. The monoisotopic (exact) mass is 581 g/mol. The minimum absolute atomic E-state index is 0.146. The van der Waals surface area contributed by atoms with Crippen LogP contribution in [0.4, 0.5) is 4.79 Å². The van der Waals surface area contributed by atoms with E-state index in [1.54, 1.807) is 30.4 Å². The molecule has 0 aromatic heterocycles. The predicted octanol–water partition coefficient (Wildman–Crippen LogP) is 5.86. The van der Waals surface area contributed by atoms with Gasteiger partial charge in [-0.1, -0.05) is 18.7 Å². The van der Waals surface area contributed by atoms with Crippen molar-refractivity contribution in [1.82, 2.24) is 4.90 Å². The van der Waals surface area contributed by atoms with E-state index in [2.05, 4.69) is 13.5 Å². The maximum Gasteiger partial charge on any atom is 0.323 e. The maximum atomic E-state index is 12.5. The zero-order chi connectivity index (χ0) is 29.9. The molecule has 2 aromatic carbocycles. The molecule has 218 valence electrons. The topological polar surface area (TPSA) is 112 Å². The molecule has 41 heavy (non-hydrogen) atoms. The fourth-order valence-corrected chi connectivity index (χ4v) is 5.74. The van der Waals surface area contributed by atoms with Gasteiger partial charge in [0.05, 0.1) is 11.5 Å². The second-order valence-corrected chi connectivity index (χ2v) is 11.2. The third kappa shape index (κ3) is 6.37. The van der Waals surface area contributed by atoms with Crippen molar-refractivity contribution in [1.29, 1.82) is 0 Å². The molecule has 4 rings (SSSR count). The van der Waals surface area contributed by atoms with Gasteiger partial charge in [0, 0.05) is 5.56 Å². The summed E-state index contributed by atoms with van der Waals surface area (Å²) in [6.45, 7) is 14.2. The number of imide groups is 1. The lowest BCUT2D eigenvalue weighted by Crippen LogP contribution is -2.42. The molecule has 0 bridgehead atoms. The zero-order valence-corrected chi connectivity index (χ0v) is 24.8. The summed E-state index contributed by atoms with van der Waals surface area (Å²) in [5.74, 6) is 0.880. The summed E-state index contributed by atoms with van der Waals surface area (Å²) < 4.78 is 24.6. The van der Waals surface area contributed by atoms with Gasteiger partial charge in [-0.3, -0.25) is 19.3 Å². The summed E-state index contributed by atoms with van der Waals surface area (Å²) >= 11 is 0.707. The number of fused-ring (bicyclic) bond motifs is 1. The first-order valence-corrected chi connectivity index (χ1v) is 14.2. The van der Waals surface area contributed by atoms with Crippen LogP contribution in [-0.2, 0) is 16.0 Å². The van der Waals surface area contributed by atoms with Gasteiger partial charge in [0.25, 0.3) is 11.1 Å². The van der Waals surface area contributed by atoms with Crippen molar-refractivity contribution in [2.75, 3.05) is 26.4 Å². The second-order valence-electron chi connectivity index (χ2n) is 10.3. The van der Waals surface area contributed by atoms with Gasteiger partial charge in [-0.25, -0.2) is 0 Å². The lowest BCUT2D eigenvalue weighted by molar-refractivity contribution is -0.140. The van der Waals surface area contributed by atoms with E-state index in [0.717, 1.165) is 46.6 Å². The third-order valence-corrected chi connectivity index (χ3v) is 8.08. The Bertz CT molecular complexity index is 1430. The van der Waals surface area contributed by atoms with Gasteiger partial charge in [0.1, 0.15) is 36.9 Å². The number of thioether (sulfide) groups is 1. The summed E-state index contributed by atoms with van der Waals surface area (Å²) in [5, 5.41) is 8.36. The Kier molecular flexibility index (Phi) is 9.01. The predicted molar refractivity (Wildman–Crippen MR) is 157 cm³/mol. The first-order valence-electron chi connectivity index (χ1n) is 13.4. The minimum atomic E-state index is -1.25. The molecule has 0 radical (unpaired) electrons. The molecule has 2 heterocycles. The molecule has 1 saturated heterocycles. The summed E-state index contributed by atoms with van der Waals surface area (Å²) in [5.41, 5.74) is 4.36. The molecular formula is C31H35NO8S. The number of ether oxygens (including phenoxy) is 4. The van der Waals surface area contributed by atoms with Crippen LogP contribution in [-0.4, -0.2) is 59.1 Å². The van der Waals surface area contributed by atoms with E-state index in [-0.39, 0.29) is 11.5 Å². The van der Waals surface area contributed by atoms with Crippen LogP contribution in [0.5, 0.6) is 23.0 Å². The summed E-state index contributed by atoms with van der Waals surface area (Å²) in [6, 6.07) is 5.23. The van der Waals surface area contributed by atoms with E-state index in [9.17, 15) is 14.4 Å². The van der Waals surface area contributed by atoms with Crippen LogP contribution in [0.15, 0.2) is 35.8 Å². The lowest BCUT2D eigenvalue weighted by Gasteiger charge is -2.38. The van der Waals surface area contributed by atoms with Gasteiger partial charge in [-0.2, -0.15) is 0 Å². The Labute approximate surface area is 244 Å². The van der Waals surface area contributed by atoms with Crippen molar-refractivity contribution in [3.63, 3.8) is 0 Å². The number of carbonyl (C=O) groups is 3. The summed E-state index contributed by atoms with van der Waals surface area (Å²) in [6.07, 6.45) is 4.85. The maximum absolute atomic E-state index is 12.5. The minimum Gasteiger partial charge on any atom is -0.490 e. The SMILES string of the molecule is C=CCOc1c(C)c(C)c2c(c1C)CCC(C)(COc1ccc(C=C3SC(=O)N(CC(=O)O)C3=O)cc1OCC)O2. The first kappa shape index (κ1) is 30.0. The standard InChI is InChI=1S/C31H35NO8S/c1-7-13-38-27-18(3)19(4)28-22(20(27)5)11-12-31(6,40-28)17-39-23-10-9-21(14-24(23)37-8-2)15-25-29(35)32(16-26(33)34)30(36)41-25/h7,9-10,14-15H,1,8,11-13,16-17H2,2-6H3,(H,33,34). The molecule has 2 amide bonds. The Balaban J connectivity index is 1.52. The third-order valence-electron chi connectivity index (χ3n) is 7.17. The van der Waals surface area contributed by atoms with Crippen molar-refractivity contribution >= 4 is 35.0 Å². The number of carboxylic acid groups (broad SMARTS) is 1. The van der Waals surface area contributed by atoms with E-state index < -0.39 is 29.3 Å². The highest BCUT2D eigenvalue weighted by atomic mass is 32.2. The molecule has 0 spiro atoms. The van der Waals surface area contributed by atoms with Gasteiger partial charge in [0.15, 0.2) is 11.5 Å². The molecule has 2 aliphatic heterocycles. The number of hydrogen-bond donors (Lipinski definition) is 1. The molecule has 1 atom stereocenters. The molecule has 1 N–H and O–H groups in total. The number of hydrogen-bond acceptors (Lipinski definition) is 8. The summed E-state index contributed by atoms with van der Waals surface area (Å²) in [4.78, 5) is 36.5. The van der Waals surface area contributed by atoms with Gasteiger partial charge < -0.3 is 24.1 Å². The van der Waals surface area contributed by atoms with Gasteiger partial charge >= 0.3 is 5.97 Å². The number of amides is 2. The van der Waals surface area contributed by atoms with Crippen molar-refractivity contribution < 1.29 is 38.4 Å². The molecular weight excluding hydrogens is 546 g/mol. The molecule has 1 fully saturated rings. The number of rotatable bonds is 11. The molecule has 10 heteroatoms. The van der Waals surface area contributed by atoms with Crippen LogP contribution in [0.25, 0.3) is 6.08 Å². The quantitative estimate of drug-likeness (QED) is 0.258. The van der Waals surface area contributed by atoms with Gasteiger partial charge in [0.2, 0.25) is 0 Å². The average Bonchev–Trinajstić information content (AvgIpc) is 3.18. The second kappa shape index (κ2) is 12.3. The van der Waals surface area contributed by atoms with E-state index in [0.29, 0.717) is 46.9 Å². The Morgan fingerprint density at radius 2 is 1.90 bits per heavy atom. The van der Waals surface area contributed by atoms with E-state index in [1.165, 1.54) is 0 Å². The van der Waals surface area contributed by atoms with Crippen LogP contribution in [0.1, 0.15) is 48.1 Å². The fraction of sp³-hybridized carbons (Fsp3) is 0.387. The zero-order valence-electron chi connectivity index (χ0n) is 24.0. The number of carboxylic acids is 1. The first-order chi connectivity index (χ1) is 19.5. The van der Waals surface area contributed by atoms with Crippen LogP contribution in [0.2, 0.25) is 0 Å². The highest BCUT2D eigenvalue weighted by molar-refractivity contribution is 8.18. The lowest BCUT2D eigenvalue weighted by atomic mass is 9.87. The van der Waals surface area contributed by atoms with Gasteiger partial charge in [-0.05, 0) is 99.7 Å². The van der Waals surface area contributed by atoms with Gasteiger partial charge in [-0.15, -0.1) is 0 Å². The summed E-state index contributed by atoms with van der Waals surface area (Å²) in [7, 11) is 0. The van der Waals surface area contributed by atoms with Crippen molar-refractivity contribution in [2.45, 2.75) is 53.1 Å². The Morgan fingerprint density at radius 1 is 1.15 bits per heavy atom. The van der Waals surface area contributed by atoms with E-state index in [1.807, 2.05) is 27.7 Å². The number of aliphatic carboxylic acids is 1. The van der Waals surface area contributed by atoms with Crippen molar-refractivity contribution in [2.24, 2.45) is 0 Å². The van der Waals surface area contributed by atoms with Crippen LogP contribution in [0, 0.1) is 20.8 Å². The Morgan fingerprint density at radius 3 is 2.59 bits per heavy atom. The molecule has 9 nitrogen and oxygen atoms in total. The smallest absolute Gasteiger partial charge is 0.323 e. The molecule has 2 aliphatic rings. The molecule has 2 aromatic rings. The average molecular weight is 582 g/mol. The van der Waals surface area contributed by atoms with E-state index >= 15 is 0 Å². The number of nitrogens with zero attached hydrogens (tertiary/aromatic N) is 1. The normalized spacial score (nSPS) is 19.1. The highest BCUT2D eigenvalue weighted by Crippen LogP contribution is 2.44.